The second kappa shape index (κ2) is 7.82. The second-order valence-corrected chi connectivity index (χ2v) is 6.08. The molecule has 3 rings (SSSR count). The van der Waals surface area contributed by atoms with E-state index in [1.807, 2.05) is 30.5 Å². The molecule has 0 atom stereocenters. The molecule has 27 heavy (non-hydrogen) atoms. The Morgan fingerprint density at radius 2 is 1.96 bits per heavy atom. The van der Waals surface area contributed by atoms with E-state index >= 15 is 0 Å². The quantitative estimate of drug-likeness (QED) is 0.360. The Balaban J connectivity index is 1.72. The van der Waals surface area contributed by atoms with Crippen LogP contribution in [0.1, 0.15) is 22.5 Å². The lowest BCUT2D eigenvalue weighted by Crippen LogP contribution is -2.00. The van der Waals surface area contributed by atoms with E-state index < -0.39 is 4.92 Å². The molecule has 0 aliphatic rings. The van der Waals surface area contributed by atoms with Gasteiger partial charge in [0.15, 0.2) is 0 Å². The fourth-order valence-electron chi connectivity index (χ4n) is 2.90. The highest BCUT2D eigenvalue weighted by molar-refractivity contribution is 5.81. The van der Waals surface area contributed by atoms with Crippen LogP contribution in [0, 0.1) is 29.8 Å². The number of aryl methyl sites for hydroxylation is 1. The predicted octanol–water partition coefficient (Wildman–Crippen LogP) is 4.69. The minimum absolute atomic E-state index is 0.0127. The topological polar surface area (TPSA) is 69.7 Å². The van der Waals surface area contributed by atoms with Gasteiger partial charge in [0.2, 0.25) is 0 Å². The van der Waals surface area contributed by atoms with Crippen LogP contribution < -0.4 is 0 Å². The SMILES string of the molecule is Cc1cc(/C=N\OCc2cccc([N+](=O)[O-])c2)c(C)n1-c1cccc(F)c1. The van der Waals surface area contributed by atoms with Crippen LogP contribution in [0.3, 0.4) is 0 Å². The average Bonchev–Trinajstić information content (AvgIpc) is 2.92. The largest absolute Gasteiger partial charge is 0.391 e. The van der Waals surface area contributed by atoms with Gasteiger partial charge in [0.25, 0.3) is 5.69 Å². The van der Waals surface area contributed by atoms with E-state index in [0.717, 1.165) is 22.6 Å². The van der Waals surface area contributed by atoms with Gasteiger partial charge in [-0.1, -0.05) is 23.4 Å². The van der Waals surface area contributed by atoms with Gasteiger partial charge in [-0.05, 0) is 43.7 Å². The van der Waals surface area contributed by atoms with Crippen LogP contribution in [0.15, 0.2) is 59.8 Å². The molecule has 138 valence electrons. The molecule has 0 aliphatic carbocycles. The molecule has 0 N–H and O–H groups in total. The Kier molecular flexibility index (Phi) is 5.30. The first kappa shape index (κ1) is 18.3. The molecule has 0 bridgehead atoms. The molecule has 0 saturated carbocycles. The van der Waals surface area contributed by atoms with E-state index in [9.17, 15) is 14.5 Å². The number of oxime groups is 1. The minimum atomic E-state index is -0.450. The van der Waals surface area contributed by atoms with Crippen LogP contribution in [0.4, 0.5) is 10.1 Å². The number of hydrogen-bond acceptors (Lipinski definition) is 4. The lowest BCUT2D eigenvalue weighted by atomic mass is 10.2. The third-order valence-electron chi connectivity index (χ3n) is 4.16. The molecule has 0 fully saturated rings. The van der Waals surface area contributed by atoms with Gasteiger partial charge in [0, 0.05) is 34.8 Å². The summed E-state index contributed by atoms with van der Waals surface area (Å²) in [5.41, 5.74) is 4.10. The van der Waals surface area contributed by atoms with Crippen LogP contribution in [-0.2, 0) is 11.4 Å². The molecule has 0 spiro atoms. The highest BCUT2D eigenvalue weighted by Crippen LogP contribution is 2.20. The van der Waals surface area contributed by atoms with Crippen LogP contribution in [0.25, 0.3) is 5.69 Å². The standard InChI is InChI=1S/C20H18FN3O3/c1-14-9-17(15(2)23(14)19-7-4-6-18(21)11-19)12-22-27-13-16-5-3-8-20(10-16)24(25)26/h3-12H,13H2,1-2H3/b22-12-. The van der Waals surface area contributed by atoms with Crippen molar-refractivity contribution in [2.24, 2.45) is 5.16 Å². The molecule has 0 amide bonds. The van der Waals surface area contributed by atoms with E-state index in [-0.39, 0.29) is 18.1 Å². The Morgan fingerprint density at radius 3 is 2.70 bits per heavy atom. The molecule has 0 radical (unpaired) electrons. The molecular weight excluding hydrogens is 349 g/mol. The first-order valence-corrected chi connectivity index (χ1v) is 8.29. The predicted molar refractivity (Wildman–Crippen MR) is 101 cm³/mol. The maximum Gasteiger partial charge on any atom is 0.269 e. The van der Waals surface area contributed by atoms with Crippen molar-refractivity contribution in [2.45, 2.75) is 20.5 Å². The van der Waals surface area contributed by atoms with Gasteiger partial charge >= 0.3 is 0 Å². The van der Waals surface area contributed by atoms with E-state index in [4.69, 9.17) is 4.84 Å². The van der Waals surface area contributed by atoms with Gasteiger partial charge in [0.05, 0.1) is 11.1 Å². The lowest BCUT2D eigenvalue weighted by molar-refractivity contribution is -0.384. The third-order valence-corrected chi connectivity index (χ3v) is 4.16. The number of halogens is 1. The number of rotatable bonds is 6. The van der Waals surface area contributed by atoms with Crippen molar-refractivity contribution in [1.29, 1.82) is 0 Å². The number of nitro groups is 1. The van der Waals surface area contributed by atoms with Crippen LogP contribution in [0.5, 0.6) is 0 Å². The number of aromatic nitrogens is 1. The van der Waals surface area contributed by atoms with Gasteiger partial charge in [-0.3, -0.25) is 10.1 Å². The summed E-state index contributed by atoms with van der Waals surface area (Å²) in [6, 6.07) is 14.5. The fourth-order valence-corrected chi connectivity index (χ4v) is 2.90. The molecule has 0 aliphatic heterocycles. The van der Waals surface area contributed by atoms with Crippen molar-refractivity contribution < 1.29 is 14.2 Å². The van der Waals surface area contributed by atoms with Crippen molar-refractivity contribution in [3.8, 4) is 5.69 Å². The van der Waals surface area contributed by atoms with E-state index in [1.165, 1.54) is 24.3 Å². The van der Waals surface area contributed by atoms with Gasteiger partial charge in [0.1, 0.15) is 12.4 Å². The molecule has 0 saturated heterocycles. The summed E-state index contributed by atoms with van der Waals surface area (Å²) in [4.78, 5) is 15.6. The minimum Gasteiger partial charge on any atom is -0.391 e. The van der Waals surface area contributed by atoms with E-state index in [2.05, 4.69) is 5.16 Å². The molecule has 2 aromatic carbocycles. The molecule has 1 heterocycles. The van der Waals surface area contributed by atoms with Crippen LogP contribution >= 0.6 is 0 Å². The smallest absolute Gasteiger partial charge is 0.269 e. The van der Waals surface area contributed by atoms with Crippen LogP contribution in [0.2, 0.25) is 0 Å². The van der Waals surface area contributed by atoms with Crippen molar-refractivity contribution in [1.82, 2.24) is 4.57 Å². The summed E-state index contributed by atoms with van der Waals surface area (Å²) < 4.78 is 15.4. The maximum atomic E-state index is 13.5. The highest BCUT2D eigenvalue weighted by Gasteiger charge is 2.10. The first-order valence-electron chi connectivity index (χ1n) is 8.29. The zero-order chi connectivity index (χ0) is 19.4. The first-order chi connectivity index (χ1) is 13.0. The molecule has 0 unspecified atom stereocenters. The Labute approximate surface area is 155 Å². The van der Waals surface area contributed by atoms with Crippen molar-refractivity contribution in [2.75, 3.05) is 0 Å². The summed E-state index contributed by atoms with van der Waals surface area (Å²) >= 11 is 0. The van der Waals surface area contributed by atoms with Gasteiger partial charge < -0.3 is 9.40 Å². The maximum absolute atomic E-state index is 13.5. The van der Waals surface area contributed by atoms with E-state index in [0.29, 0.717) is 5.56 Å². The lowest BCUT2D eigenvalue weighted by Gasteiger charge is -2.09. The molecule has 6 nitrogen and oxygen atoms in total. The monoisotopic (exact) mass is 367 g/mol. The second-order valence-electron chi connectivity index (χ2n) is 6.08. The van der Waals surface area contributed by atoms with Gasteiger partial charge in [-0.15, -0.1) is 0 Å². The van der Waals surface area contributed by atoms with Crippen molar-refractivity contribution in [3.05, 3.63) is 93.0 Å². The zero-order valence-corrected chi connectivity index (χ0v) is 14.9. The Morgan fingerprint density at radius 1 is 1.19 bits per heavy atom. The van der Waals surface area contributed by atoms with Crippen LogP contribution in [-0.4, -0.2) is 15.7 Å². The van der Waals surface area contributed by atoms with Gasteiger partial charge in [-0.2, -0.15) is 0 Å². The number of nitrogens with zero attached hydrogens (tertiary/aromatic N) is 3. The Bertz CT molecular complexity index is 1010. The van der Waals surface area contributed by atoms with Gasteiger partial charge in [-0.25, -0.2) is 4.39 Å². The summed E-state index contributed by atoms with van der Waals surface area (Å²) in [6.45, 7) is 3.97. The average molecular weight is 367 g/mol. The summed E-state index contributed by atoms with van der Waals surface area (Å²) in [5.74, 6) is -0.296. The summed E-state index contributed by atoms with van der Waals surface area (Å²) in [6.07, 6.45) is 1.58. The molecule has 1 aromatic heterocycles. The molecule has 7 heteroatoms. The van der Waals surface area contributed by atoms with E-state index in [1.54, 1.807) is 24.4 Å². The summed E-state index contributed by atoms with van der Waals surface area (Å²) in [5, 5.41) is 14.7. The Hall–Kier alpha value is -3.48. The number of benzene rings is 2. The van der Waals surface area contributed by atoms with Crippen molar-refractivity contribution in [3.63, 3.8) is 0 Å². The molecule has 3 aromatic rings. The fraction of sp³-hybridized carbons (Fsp3) is 0.150. The van der Waals surface area contributed by atoms with Crippen molar-refractivity contribution >= 4 is 11.9 Å². The zero-order valence-electron chi connectivity index (χ0n) is 14.9. The number of hydrogen-bond donors (Lipinski definition) is 0. The highest BCUT2D eigenvalue weighted by atomic mass is 19.1. The summed E-state index contributed by atoms with van der Waals surface area (Å²) in [7, 11) is 0. The number of nitro benzene ring substituents is 1. The third kappa shape index (κ3) is 4.20. The molecular formula is C20H18FN3O3. The normalized spacial score (nSPS) is 11.1. The number of non-ortho nitro benzene ring substituents is 1.